The summed E-state index contributed by atoms with van der Waals surface area (Å²) >= 11 is 0. The first-order valence-corrected chi connectivity index (χ1v) is 8.02. The molecule has 0 atom stereocenters. The molecular formula is C18H19N3O4. The molecule has 0 radical (unpaired) electrons. The van der Waals surface area contributed by atoms with Crippen molar-refractivity contribution < 1.29 is 14.5 Å². The number of nitro groups is 1. The van der Waals surface area contributed by atoms with Crippen molar-refractivity contribution >= 4 is 17.3 Å². The van der Waals surface area contributed by atoms with Gasteiger partial charge in [0.1, 0.15) is 5.75 Å². The van der Waals surface area contributed by atoms with Crippen LogP contribution in [0, 0.1) is 10.1 Å². The van der Waals surface area contributed by atoms with Crippen LogP contribution in [0.5, 0.6) is 5.75 Å². The molecule has 1 heterocycles. The van der Waals surface area contributed by atoms with Crippen LogP contribution in [0.15, 0.2) is 48.5 Å². The zero-order valence-electron chi connectivity index (χ0n) is 13.9. The van der Waals surface area contributed by atoms with Crippen molar-refractivity contribution in [3.05, 3.63) is 64.2 Å². The van der Waals surface area contributed by atoms with Crippen LogP contribution in [0.4, 0.5) is 11.4 Å². The van der Waals surface area contributed by atoms with Gasteiger partial charge in [-0.15, -0.1) is 0 Å². The van der Waals surface area contributed by atoms with Gasteiger partial charge in [0.25, 0.3) is 11.6 Å². The maximum absolute atomic E-state index is 12.6. The topological polar surface area (TPSA) is 75.9 Å². The molecule has 1 aliphatic heterocycles. The van der Waals surface area contributed by atoms with Crippen molar-refractivity contribution in [2.24, 2.45) is 0 Å². The highest BCUT2D eigenvalue weighted by atomic mass is 16.6. The average molecular weight is 341 g/mol. The fourth-order valence-electron chi connectivity index (χ4n) is 2.98. The van der Waals surface area contributed by atoms with Crippen molar-refractivity contribution in [3.8, 4) is 5.75 Å². The predicted octanol–water partition coefficient (Wildman–Crippen LogP) is 2.57. The number of amides is 1. The number of hydrogen-bond donors (Lipinski definition) is 0. The van der Waals surface area contributed by atoms with Gasteiger partial charge in [-0.3, -0.25) is 14.9 Å². The van der Waals surface area contributed by atoms with Crippen molar-refractivity contribution in [2.75, 3.05) is 38.2 Å². The quantitative estimate of drug-likeness (QED) is 0.631. The lowest BCUT2D eigenvalue weighted by molar-refractivity contribution is -0.384. The van der Waals surface area contributed by atoms with Crippen molar-refractivity contribution in [1.82, 2.24) is 4.90 Å². The number of non-ortho nitro benzene ring substituents is 1. The summed E-state index contributed by atoms with van der Waals surface area (Å²) in [7, 11) is 1.64. The zero-order chi connectivity index (χ0) is 17.8. The number of carbonyl (C=O) groups is 1. The molecule has 1 amide bonds. The fraction of sp³-hybridized carbons (Fsp3) is 0.278. The van der Waals surface area contributed by atoms with Gasteiger partial charge in [-0.2, -0.15) is 0 Å². The number of benzene rings is 2. The Balaban J connectivity index is 1.69. The number of anilines is 1. The van der Waals surface area contributed by atoms with Gasteiger partial charge < -0.3 is 14.5 Å². The first-order valence-electron chi connectivity index (χ1n) is 8.02. The molecule has 3 rings (SSSR count). The summed E-state index contributed by atoms with van der Waals surface area (Å²) < 4.78 is 5.39. The van der Waals surface area contributed by atoms with E-state index in [0.717, 1.165) is 11.4 Å². The van der Waals surface area contributed by atoms with Crippen LogP contribution in [0.2, 0.25) is 0 Å². The molecule has 0 aliphatic carbocycles. The molecule has 130 valence electrons. The lowest BCUT2D eigenvalue weighted by atomic mass is 10.1. The summed E-state index contributed by atoms with van der Waals surface area (Å²) in [5.41, 5.74) is 1.28. The molecule has 0 spiro atoms. The van der Waals surface area contributed by atoms with Crippen LogP contribution in [-0.2, 0) is 0 Å². The Morgan fingerprint density at radius 1 is 1.08 bits per heavy atom. The number of methoxy groups -OCH3 is 1. The van der Waals surface area contributed by atoms with E-state index in [-0.39, 0.29) is 11.6 Å². The Bertz CT molecular complexity index is 785. The first-order chi connectivity index (χ1) is 12.1. The maximum Gasteiger partial charge on any atom is 0.270 e. The molecule has 2 aromatic rings. The average Bonchev–Trinajstić information content (AvgIpc) is 2.67. The molecule has 1 saturated heterocycles. The molecule has 1 aliphatic rings. The highest BCUT2D eigenvalue weighted by Crippen LogP contribution is 2.28. The van der Waals surface area contributed by atoms with Crippen molar-refractivity contribution in [3.63, 3.8) is 0 Å². The normalized spacial score (nSPS) is 14.3. The van der Waals surface area contributed by atoms with Crippen LogP contribution >= 0.6 is 0 Å². The number of nitro benzene ring substituents is 1. The summed E-state index contributed by atoms with van der Waals surface area (Å²) in [6, 6.07) is 13.7. The molecule has 1 fully saturated rings. The molecule has 0 N–H and O–H groups in total. The highest BCUT2D eigenvalue weighted by molar-refractivity contribution is 5.95. The second kappa shape index (κ2) is 7.21. The van der Waals surface area contributed by atoms with Crippen LogP contribution in [0.1, 0.15) is 10.4 Å². The number of nitrogens with zero attached hydrogens (tertiary/aromatic N) is 3. The van der Waals surface area contributed by atoms with Crippen LogP contribution in [0.3, 0.4) is 0 Å². The molecule has 7 nitrogen and oxygen atoms in total. The number of hydrogen-bond acceptors (Lipinski definition) is 5. The summed E-state index contributed by atoms with van der Waals surface area (Å²) in [6.07, 6.45) is 0. The van der Waals surface area contributed by atoms with Gasteiger partial charge >= 0.3 is 0 Å². The third-order valence-electron chi connectivity index (χ3n) is 4.30. The Morgan fingerprint density at radius 2 is 1.80 bits per heavy atom. The van der Waals surface area contributed by atoms with E-state index < -0.39 is 4.92 Å². The maximum atomic E-state index is 12.6. The number of piperazine rings is 1. The van der Waals surface area contributed by atoms with E-state index in [1.807, 2.05) is 24.3 Å². The van der Waals surface area contributed by atoms with E-state index in [0.29, 0.717) is 31.7 Å². The molecule has 0 aromatic heterocycles. The molecular weight excluding hydrogens is 322 g/mol. The molecule has 7 heteroatoms. The molecule has 0 saturated carbocycles. The van der Waals surface area contributed by atoms with Crippen molar-refractivity contribution in [2.45, 2.75) is 0 Å². The molecule has 0 bridgehead atoms. The minimum Gasteiger partial charge on any atom is -0.495 e. The number of para-hydroxylation sites is 2. The Kier molecular flexibility index (Phi) is 4.83. The lowest BCUT2D eigenvalue weighted by Gasteiger charge is -2.36. The number of carbonyl (C=O) groups excluding carboxylic acids is 1. The largest absolute Gasteiger partial charge is 0.495 e. The second-order valence-corrected chi connectivity index (χ2v) is 5.76. The van der Waals surface area contributed by atoms with Gasteiger partial charge in [-0.25, -0.2) is 0 Å². The van der Waals surface area contributed by atoms with E-state index in [4.69, 9.17) is 4.74 Å². The Hall–Kier alpha value is -3.09. The van der Waals surface area contributed by atoms with Gasteiger partial charge in [-0.1, -0.05) is 18.2 Å². The standard InChI is InChI=1S/C18H19N3O4/c1-25-17-8-3-2-7-16(17)19-9-11-20(12-10-19)18(22)14-5-4-6-15(13-14)21(23)24/h2-8,13H,9-12H2,1H3. The molecule has 0 unspecified atom stereocenters. The SMILES string of the molecule is COc1ccccc1N1CCN(C(=O)c2cccc([N+](=O)[O-])c2)CC1. The minimum absolute atomic E-state index is 0.0708. The Labute approximate surface area is 145 Å². The smallest absolute Gasteiger partial charge is 0.270 e. The van der Waals surface area contributed by atoms with Gasteiger partial charge in [-0.05, 0) is 18.2 Å². The van der Waals surface area contributed by atoms with Gasteiger partial charge in [0.15, 0.2) is 0 Å². The zero-order valence-corrected chi connectivity index (χ0v) is 13.9. The molecule has 2 aromatic carbocycles. The van der Waals surface area contributed by atoms with E-state index in [1.54, 1.807) is 18.1 Å². The first kappa shape index (κ1) is 16.8. The van der Waals surface area contributed by atoms with Gasteiger partial charge in [0, 0.05) is 43.9 Å². The third kappa shape index (κ3) is 3.55. The van der Waals surface area contributed by atoms with E-state index in [2.05, 4.69) is 4.90 Å². The second-order valence-electron chi connectivity index (χ2n) is 5.76. The summed E-state index contributed by atoms with van der Waals surface area (Å²) in [5, 5.41) is 10.9. The van der Waals surface area contributed by atoms with Crippen LogP contribution in [0.25, 0.3) is 0 Å². The third-order valence-corrected chi connectivity index (χ3v) is 4.30. The van der Waals surface area contributed by atoms with Gasteiger partial charge in [0.05, 0.1) is 17.7 Å². The number of ether oxygens (including phenoxy) is 1. The molecule has 25 heavy (non-hydrogen) atoms. The summed E-state index contributed by atoms with van der Waals surface area (Å²) in [6.45, 7) is 2.47. The van der Waals surface area contributed by atoms with E-state index in [1.165, 1.54) is 18.2 Å². The highest BCUT2D eigenvalue weighted by Gasteiger charge is 2.24. The monoisotopic (exact) mass is 341 g/mol. The summed E-state index contributed by atoms with van der Waals surface area (Å²) in [4.78, 5) is 26.9. The fourth-order valence-corrected chi connectivity index (χ4v) is 2.98. The predicted molar refractivity (Wildman–Crippen MR) is 94.2 cm³/mol. The lowest BCUT2D eigenvalue weighted by Crippen LogP contribution is -2.48. The van der Waals surface area contributed by atoms with Crippen LogP contribution in [-0.4, -0.2) is 49.0 Å². The van der Waals surface area contributed by atoms with E-state index >= 15 is 0 Å². The van der Waals surface area contributed by atoms with Crippen LogP contribution < -0.4 is 9.64 Å². The van der Waals surface area contributed by atoms with Crippen molar-refractivity contribution in [1.29, 1.82) is 0 Å². The number of rotatable bonds is 4. The minimum atomic E-state index is -0.490. The van der Waals surface area contributed by atoms with Gasteiger partial charge in [0.2, 0.25) is 0 Å². The van der Waals surface area contributed by atoms with E-state index in [9.17, 15) is 14.9 Å². The summed E-state index contributed by atoms with van der Waals surface area (Å²) in [5.74, 6) is 0.629. The Morgan fingerprint density at radius 3 is 2.48 bits per heavy atom.